The van der Waals surface area contributed by atoms with Gasteiger partial charge in [-0.05, 0) is 43.3 Å². The van der Waals surface area contributed by atoms with Gasteiger partial charge in [0.05, 0.1) is 25.7 Å². The summed E-state index contributed by atoms with van der Waals surface area (Å²) in [6.45, 7) is 2.20. The first-order valence-corrected chi connectivity index (χ1v) is 7.94. The van der Waals surface area contributed by atoms with Crippen LogP contribution in [-0.2, 0) is 14.3 Å². The van der Waals surface area contributed by atoms with Gasteiger partial charge in [-0.25, -0.2) is 4.39 Å². The zero-order valence-corrected chi connectivity index (χ0v) is 14.1. The molecule has 25 heavy (non-hydrogen) atoms. The van der Waals surface area contributed by atoms with E-state index in [0.717, 1.165) is 11.3 Å². The Kier molecular flexibility index (Phi) is 5.01. The monoisotopic (exact) mass is 345 g/mol. The van der Waals surface area contributed by atoms with E-state index in [1.165, 1.54) is 12.1 Å². The zero-order valence-electron chi connectivity index (χ0n) is 14.1. The highest BCUT2D eigenvalue weighted by atomic mass is 19.1. The molecule has 132 valence electrons. The molecule has 1 aliphatic rings. The molecule has 0 unspecified atom stereocenters. The van der Waals surface area contributed by atoms with Crippen LogP contribution in [0, 0.1) is 11.2 Å². The number of hydrogen-bond donors (Lipinski definition) is 1. The van der Waals surface area contributed by atoms with Crippen molar-refractivity contribution in [2.45, 2.75) is 13.2 Å². The highest BCUT2D eigenvalue weighted by Crippen LogP contribution is 2.32. The van der Waals surface area contributed by atoms with Gasteiger partial charge in [0.25, 0.3) is 0 Å². The topological polar surface area (TPSA) is 56.8 Å². The predicted molar refractivity (Wildman–Crippen MR) is 90.8 cm³/mol. The average molecular weight is 345 g/mol. The summed E-state index contributed by atoms with van der Waals surface area (Å²) < 4.78 is 29.5. The summed E-state index contributed by atoms with van der Waals surface area (Å²) in [5.41, 5.74) is 0.586. The molecule has 5 nitrogen and oxygen atoms in total. The maximum Gasteiger partial charge on any atom is 0.234 e. The molecule has 0 aromatic heterocycles. The Hall–Kier alpha value is -2.44. The van der Waals surface area contributed by atoms with Crippen molar-refractivity contribution in [1.29, 1.82) is 0 Å². The molecule has 1 saturated heterocycles. The summed E-state index contributed by atoms with van der Waals surface area (Å²) >= 11 is 0. The fourth-order valence-electron chi connectivity index (χ4n) is 2.51. The first-order valence-electron chi connectivity index (χ1n) is 7.94. The van der Waals surface area contributed by atoms with Crippen LogP contribution in [0.1, 0.15) is 18.8 Å². The lowest BCUT2D eigenvalue weighted by atomic mass is 9.90. The van der Waals surface area contributed by atoms with Crippen molar-refractivity contribution in [2.24, 2.45) is 5.41 Å². The number of ether oxygens (including phenoxy) is 3. The fraction of sp³-hybridized carbons (Fsp3) is 0.316. The van der Waals surface area contributed by atoms with Crippen LogP contribution >= 0.6 is 0 Å². The second-order valence-electron chi connectivity index (χ2n) is 6.25. The highest BCUT2D eigenvalue weighted by Gasteiger charge is 2.39. The number of rotatable bonds is 4. The lowest BCUT2D eigenvalue weighted by Crippen LogP contribution is -2.45. The summed E-state index contributed by atoms with van der Waals surface area (Å²) in [6, 6.07) is 13.0. The van der Waals surface area contributed by atoms with Gasteiger partial charge in [-0.3, -0.25) is 4.79 Å². The van der Waals surface area contributed by atoms with Crippen LogP contribution in [0.4, 0.5) is 10.1 Å². The van der Waals surface area contributed by atoms with Gasteiger partial charge in [0.15, 0.2) is 6.29 Å². The van der Waals surface area contributed by atoms with Gasteiger partial charge in [-0.15, -0.1) is 0 Å². The van der Waals surface area contributed by atoms with Crippen LogP contribution < -0.4 is 10.1 Å². The van der Waals surface area contributed by atoms with Gasteiger partial charge >= 0.3 is 0 Å². The SMILES string of the molecule is COc1ccc(NC(=O)C2(C)COC(c3ccc(F)cc3)OC2)cc1. The molecular formula is C19H20FNO4. The Balaban J connectivity index is 1.60. The number of hydrogen-bond acceptors (Lipinski definition) is 4. The Labute approximate surface area is 145 Å². The number of anilines is 1. The molecule has 0 radical (unpaired) electrons. The van der Waals surface area contributed by atoms with Crippen molar-refractivity contribution in [1.82, 2.24) is 0 Å². The molecule has 0 bridgehead atoms. The summed E-state index contributed by atoms with van der Waals surface area (Å²) in [6.07, 6.45) is -0.595. The number of amides is 1. The van der Waals surface area contributed by atoms with E-state index in [9.17, 15) is 9.18 Å². The van der Waals surface area contributed by atoms with E-state index in [1.807, 2.05) is 0 Å². The van der Waals surface area contributed by atoms with Gasteiger partial charge in [0.1, 0.15) is 11.6 Å². The lowest BCUT2D eigenvalue weighted by Gasteiger charge is -2.36. The Morgan fingerprint density at radius 1 is 1.12 bits per heavy atom. The molecule has 0 saturated carbocycles. The third-order valence-corrected chi connectivity index (χ3v) is 4.14. The van der Waals surface area contributed by atoms with E-state index in [-0.39, 0.29) is 24.9 Å². The highest BCUT2D eigenvalue weighted by molar-refractivity contribution is 5.95. The summed E-state index contributed by atoms with van der Waals surface area (Å²) in [7, 11) is 1.59. The number of halogens is 1. The van der Waals surface area contributed by atoms with Gasteiger partial charge < -0.3 is 19.5 Å². The van der Waals surface area contributed by atoms with Crippen molar-refractivity contribution in [3.05, 3.63) is 59.9 Å². The predicted octanol–water partition coefficient (Wildman–Crippen LogP) is 3.52. The van der Waals surface area contributed by atoms with E-state index >= 15 is 0 Å². The maximum absolute atomic E-state index is 13.0. The summed E-state index contributed by atoms with van der Waals surface area (Å²) in [4.78, 5) is 12.6. The normalized spacial score (nSPS) is 23.1. The van der Waals surface area contributed by atoms with Gasteiger partial charge in [-0.1, -0.05) is 12.1 Å². The summed E-state index contributed by atoms with van der Waals surface area (Å²) in [5.74, 6) is 0.217. The molecular weight excluding hydrogens is 325 g/mol. The molecule has 1 heterocycles. The molecule has 0 spiro atoms. The number of carbonyl (C=O) groups excluding carboxylic acids is 1. The van der Waals surface area contributed by atoms with E-state index in [4.69, 9.17) is 14.2 Å². The first-order chi connectivity index (χ1) is 12.0. The molecule has 0 atom stereocenters. The van der Waals surface area contributed by atoms with Crippen LogP contribution in [0.2, 0.25) is 0 Å². The summed E-state index contributed by atoms with van der Waals surface area (Å²) in [5, 5.41) is 2.86. The van der Waals surface area contributed by atoms with Crippen LogP contribution in [0.5, 0.6) is 5.75 Å². The molecule has 1 aliphatic heterocycles. The van der Waals surface area contributed by atoms with Crippen molar-refractivity contribution < 1.29 is 23.4 Å². The molecule has 1 fully saturated rings. The van der Waals surface area contributed by atoms with Crippen molar-refractivity contribution in [2.75, 3.05) is 25.6 Å². The minimum Gasteiger partial charge on any atom is -0.497 e. The van der Waals surface area contributed by atoms with Gasteiger partial charge in [-0.2, -0.15) is 0 Å². The smallest absolute Gasteiger partial charge is 0.234 e. The Morgan fingerprint density at radius 3 is 2.28 bits per heavy atom. The van der Waals surface area contributed by atoms with Gasteiger partial charge in [0, 0.05) is 11.3 Å². The second-order valence-corrected chi connectivity index (χ2v) is 6.25. The van der Waals surface area contributed by atoms with Crippen molar-refractivity contribution in [3.63, 3.8) is 0 Å². The molecule has 6 heteroatoms. The molecule has 1 amide bonds. The second kappa shape index (κ2) is 7.21. The van der Waals surface area contributed by atoms with E-state index in [1.54, 1.807) is 50.4 Å². The maximum atomic E-state index is 13.0. The van der Waals surface area contributed by atoms with Crippen LogP contribution in [-0.4, -0.2) is 26.2 Å². The van der Waals surface area contributed by atoms with E-state index < -0.39 is 11.7 Å². The third-order valence-electron chi connectivity index (χ3n) is 4.14. The minimum absolute atomic E-state index is 0.185. The first kappa shape index (κ1) is 17.4. The quantitative estimate of drug-likeness (QED) is 0.921. The largest absolute Gasteiger partial charge is 0.497 e. The zero-order chi connectivity index (χ0) is 17.9. The Morgan fingerprint density at radius 2 is 1.72 bits per heavy atom. The van der Waals surface area contributed by atoms with Crippen LogP contribution in [0.15, 0.2) is 48.5 Å². The van der Waals surface area contributed by atoms with Crippen LogP contribution in [0.3, 0.4) is 0 Å². The molecule has 2 aromatic carbocycles. The molecule has 0 aliphatic carbocycles. The third kappa shape index (κ3) is 3.97. The van der Waals surface area contributed by atoms with E-state index in [0.29, 0.717) is 5.69 Å². The van der Waals surface area contributed by atoms with Gasteiger partial charge in [0.2, 0.25) is 5.91 Å². The number of methoxy groups -OCH3 is 1. The number of carbonyl (C=O) groups is 1. The number of nitrogens with one attached hydrogen (secondary N) is 1. The fourth-order valence-corrected chi connectivity index (χ4v) is 2.51. The molecule has 2 aromatic rings. The molecule has 1 N–H and O–H groups in total. The van der Waals surface area contributed by atoms with E-state index in [2.05, 4.69) is 5.32 Å². The molecule has 3 rings (SSSR count). The Bertz CT molecular complexity index is 722. The average Bonchev–Trinajstić information content (AvgIpc) is 2.64. The van der Waals surface area contributed by atoms with Crippen molar-refractivity contribution >= 4 is 11.6 Å². The lowest BCUT2D eigenvalue weighted by molar-refractivity contribution is -0.226. The standard InChI is InChI=1S/C19H20FNO4/c1-19(18(22)21-15-7-9-16(23-2)10-8-15)11-24-17(25-12-19)13-3-5-14(20)6-4-13/h3-10,17H,11-12H2,1-2H3,(H,21,22). The van der Waals surface area contributed by atoms with Crippen molar-refractivity contribution in [3.8, 4) is 5.75 Å². The number of benzene rings is 2. The minimum atomic E-state index is -0.809. The van der Waals surface area contributed by atoms with Crippen LogP contribution in [0.25, 0.3) is 0 Å².